The molecule has 1 unspecified atom stereocenters. The Morgan fingerprint density at radius 2 is 1.90 bits per heavy atom. The van der Waals surface area contributed by atoms with Gasteiger partial charge in [0.2, 0.25) is 0 Å². The van der Waals surface area contributed by atoms with Gasteiger partial charge in [-0.2, -0.15) is 0 Å². The van der Waals surface area contributed by atoms with Crippen LogP contribution in [0.15, 0.2) is 48.5 Å². The number of nitrogens with one attached hydrogen (secondary N) is 2. The molecule has 0 saturated carbocycles. The fourth-order valence-corrected chi connectivity index (χ4v) is 2.49. The molecule has 2 aromatic rings. The van der Waals surface area contributed by atoms with Gasteiger partial charge < -0.3 is 21.7 Å². The highest BCUT2D eigenvalue weighted by Crippen LogP contribution is 2.33. The van der Waals surface area contributed by atoms with Gasteiger partial charge in [-0.15, -0.1) is 0 Å². The summed E-state index contributed by atoms with van der Waals surface area (Å²) >= 11 is 0. The molecule has 0 fully saturated rings. The molecule has 0 spiro atoms. The predicted octanol–water partition coefficient (Wildman–Crippen LogP) is 1.94. The summed E-state index contributed by atoms with van der Waals surface area (Å²) in [5.74, 6) is 0.391. The average molecular weight is 267 g/mol. The standard InChI is InChI=1S/C15H17N5/c16-9-20-14(18)12-8-11(17)6-7-13(12)19-15(20)10-4-2-1-3-5-10/h1-8,15,18-19H,9,16-17H2. The van der Waals surface area contributed by atoms with Crippen molar-refractivity contribution >= 4 is 17.2 Å². The third kappa shape index (κ3) is 1.98. The van der Waals surface area contributed by atoms with Gasteiger partial charge in [0, 0.05) is 16.9 Å². The first-order valence-electron chi connectivity index (χ1n) is 6.47. The Morgan fingerprint density at radius 3 is 2.60 bits per heavy atom. The van der Waals surface area contributed by atoms with Crippen LogP contribution in [0, 0.1) is 5.41 Å². The summed E-state index contributed by atoms with van der Waals surface area (Å²) in [4.78, 5) is 1.82. The van der Waals surface area contributed by atoms with Crippen molar-refractivity contribution in [3.05, 3.63) is 59.7 Å². The second-order valence-electron chi connectivity index (χ2n) is 4.76. The monoisotopic (exact) mass is 267 g/mol. The summed E-state index contributed by atoms with van der Waals surface area (Å²) in [6, 6.07) is 15.5. The zero-order valence-electron chi connectivity index (χ0n) is 11.0. The van der Waals surface area contributed by atoms with Crippen LogP contribution in [0.4, 0.5) is 11.4 Å². The molecule has 20 heavy (non-hydrogen) atoms. The van der Waals surface area contributed by atoms with Crippen molar-refractivity contribution in [2.45, 2.75) is 6.17 Å². The summed E-state index contributed by atoms with van der Waals surface area (Å²) in [7, 11) is 0. The Bertz CT molecular complexity index is 638. The van der Waals surface area contributed by atoms with Crippen molar-refractivity contribution in [1.82, 2.24) is 4.90 Å². The molecule has 5 heteroatoms. The first kappa shape index (κ1) is 12.5. The van der Waals surface area contributed by atoms with Crippen LogP contribution in [0.5, 0.6) is 0 Å². The van der Waals surface area contributed by atoms with Crippen LogP contribution in [0.2, 0.25) is 0 Å². The van der Waals surface area contributed by atoms with E-state index in [0.29, 0.717) is 11.5 Å². The van der Waals surface area contributed by atoms with Crippen molar-refractivity contribution < 1.29 is 0 Å². The number of amidine groups is 1. The Hall–Kier alpha value is -2.53. The van der Waals surface area contributed by atoms with Crippen molar-refractivity contribution in [1.29, 1.82) is 5.41 Å². The minimum atomic E-state index is -0.134. The van der Waals surface area contributed by atoms with Gasteiger partial charge in [-0.25, -0.2) is 0 Å². The molecule has 0 saturated heterocycles. The molecule has 1 aliphatic heterocycles. The van der Waals surface area contributed by atoms with Crippen LogP contribution >= 0.6 is 0 Å². The summed E-state index contributed by atoms with van der Waals surface area (Å²) in [5, 5.41) is 11.8. The molecule has 5 nitrogen and oxygen atoms in total. The number of nitrogens with two attached hydrogens (primary N) is 2. The summed E-state index contributed by atoms with van der Waals surface area (Å²) < 4.78 is 0. The highest BCUT2D eigenvalue weighted by Gasteiger charge is 2.29. The van der Waals surface area contributed by atoms with Gasteiger partial charge in [-0.1, -0.05) is 30.3 Å². The number of anilines is 2. The third-order valence-electron chi connectivity index (χ3n) is 3.50. The fraction of sp³-hybridized carbons (Fsp3) is 0.133. The van der Waals surface area contributed by atoms with Gasteiger partial charge in [0.25, 0.3) is 0 Å². The van der Waals surface area contributed by atoms with E-state index in [1.807, 2.05) is 47.4 Å². The molecule has 102 valence electrons. The normalized spacial score (nSPS) is 17.6. The Labute approximate surface area is 117 Å². The summed E-state index contributed by atoms with van der Waals surface area (Å²) in [6.45, 7) is 0.264. The van der Waals surface area contributed by atoms with Crippen LogP contribution in [0.25, 0.3) is 0 Å². The molecule has 3 rings (SSSR count). The average Bonchev–Trinajstić information content (AvgIpc) is 2.48. The molecule has 0 aliphatic carbocycles. The second kappa shape index (κ2) is 4.86. The maximum Gasteiger partial charge on any atom is 0.133 e. The molecule has 0 amide bonds. The fourth-order valence-electron chi connectivity index (χ4n) is 2.49. The topological polar surface area (TPSA) is 91.2 Å². The van der Waals surface area contributed by atoms with E-state index in [9.17, 15) is 0 Å². The number of hydrogen-bond acceptors (Lipinski definition) is 4. The third-order valence-corrected chi connectivity index (χ3v) is 3.50. The van der Waals surface area contributed by atoms with E-state index in [1.165, 1.54) is 0 Å². The van der Waals surface area contributed by atoms with E-state index < -0.39 is 0 Å². The van der Waals surface area contributed by atoms with Gasteiger partial charge >= 0.3 is 0 Å². The second-order valence-corrected chi connectivity index (χ2v) is 4.76. The van der Waals surface area contributed by atoms with E-state index in [2.05, 4.69) is 5.32 Å². The zero-order chi connectivity index (χ0) is 14.1. The van der Waals surface area contributed by atoms with Gasteiger partial charge in [0.05, 0.1) is 6.67 Å². The minimum Gasteiger partial charge on any atom is -0.399 e. The van der Waals surface area contributed by atoms with Crippen LogP contribution in [-0.4, -0.2) is 17.4 Å². The Kier molecular flexibility index (Phi) is 3.04. The van der Waals surface area contributed by atoms with Crippen LogP contribution in [-0.2, 0) is 0 Å². The first-order valence-corrected chi connectivity index (χ1v) is 6.47. The SMILES string of the molecule is N=C1c2cc(N)ccc2NC(c2ccccc2)N1CN. The molecule has 6 N–H and O–H groups in total. The highest BCUT2D eigenvalue weighted by atomic mass is 15.3. The molecule has 1 aliphatic rings. The maximum atomic E-state index is 8.35. The maximum absolute atomic E-state index is 8.35. The number of fused-ring (bicyclic) bond motifs is 1. The lowest BCUT2D eigenvalue weighted by molar-refractivity contribution is 0.347. The van der Waals surface area contributed by atoms with Crippen molar-refractivity contribution in [3.63, 3.8) is 0 Å². The van der Waals surface area contributed by atoms with Crippen LogP contribution < -0.4 is 16.8 Å². The van der Waals surface area contributed by atoms with Crippen LogP contribution in [0.1, 0.15) is 17.3 Å². The Morgan fingerprint density at radius 1 is 1.15 bits per heavy atom. The molecule has 0 radical (unpaired) electrons. The van der Waals surface area contributed by atoms with Gasteiger partial charge in [-0.05, 0) is 23.8 Å². The summed E-state index contributed by atoms with van der Waals surface area (Å²) in [5.41, 5.74) is 15.0. The molecule has 2 aromatic carbocycles. The summed E-state index contributed by atoms with van der Waals surface area (Å²) in [6.07, 6.45) is -0.134. The lowest BCUT2D eigenvalue weighted by Crippen LogP contribution is -2.45. The number of nitrogens with zero attached hydrogens (tertiary/aromatic N) is 1. The zero-order valence-corrected chi connectivity index (χ0v) is 11.0. The first-order chi connectivity index (χ1) is 9.70. The number of hydrogen-bond donors (Lipinski definition) is 4. The molecule has 1 atom stereocenters. The van der Waals surface area contributed by atoms with Gasteiger partial charge in [0.15, 0.2) is 0 Å². The van der Waals surface area contributed by atoms with Crippen molar-refractivity contribution in [3.8, 4) is 0 Å². The number of rotatable bonds is 2. The van der Waals surface area contributed by atoms with Crippen molar-refractivity contribution in [2.75, 3.05) is 17.7 Å². The molecule has 0 bridgehead atoms. The molecular formula is C15H17N5. The number of benzene rings is 2. The van der Waals surface area contributed by atoms with Gasteiger partial charge in [0.1, 0.15) is 12.0 Å². The van der Waals surface area contributed by atoms with Crippen LogP contribution in [0.3, 0.4) is 0 Å². The van der Waals surface area contributed by atoms with E-state index >= 15 is 0 Å². The Balaban J connectivity index is 2.06. The smallest absolute Gasteiger partial charge is 0.133 e. The van der Waals surface area contributed by atoms with E-state index in [4.69, 9.17) is 16.9 Å². The highest BCUT2D eigenvalue weighted by molar-refractivity contribution is 6.04. The molecule has 1 heterocycles. The number of nitrogen functional groups attached to an aromatic ring is 1. The van der Waals surface area contributed by atoms with Crippen molar-refractivity contribution in [2.24, 2.45) is 5.73 Å². The molecular weight excluding hydrogens is 250 g/mol. The lowest BCUT2D eigenvalue weighted by Gasteiger charge is -2.39. The quantitative estimate of drug-likeness (QED) is 0.626. The van der Waals surface area contributed by atoms with E-state index in [-0.39, 0.29) is 12.8 Å². The lowest BCUT2D eigenvalue weighted by atomic mass is 10.0. The predicted molar refractivity (Wildman–Crippen MR) is 81.4 cm³/mol. The van der Waals surface area contributed by atoms with Gasteiger partial charge in [-0.3, -0.25) is 5.41 Å². The van der Waals surface area contributed by atoms with E-state index in [0.717, 1.165) is 16.8 Å². The largest absolute Gasteiger partial charge is 0.399 e. The van der Waals surface area contributed by atoms with E-state index in [1.54, 1.807) is 6.07 Å². The minimum absolute atomic E-state index is 0.134. The molecule has 0 aromatic heterocycles.